The van der Waals surface area contributed by atoms with Gasteiger partial charge in [0.15, 0.2) is 0 Å². The minimum Gasteiger partial charge on any atom is -0.329 e. The van der Waals surface area contributed by atoms with E-state index in [1.54, 1.807) is 0 Å². The van der Waals surface area contributed by atoms with Crippen LogP contribution >= 0.6 is 23.2 Å². The Labute approximate surface area is 110 Å². The molecule has 0 N–H and O–H groups in total. The van der Waals surface area contributed by atoms with Crippen molar-refractivity contribution in [1.29, 1.82) is 5.26 Å². The SMILES string of the molecule is CCCCn1c(Cl)c(C#N)c2cccc(Cl)c21. The number of hydrogen-bond donors (Lipinski definition) is 0. The molecule has 2 nitrogen and oxygen atoms in total. The number of rotatable bonds is 3. The largest absolute Gasteiger partial charge is 0.329 e. The fourth-order valence-corrected chi connectivity index (χ4v) is 2.56. The molecule has 0 bridgehead atoms. The second-order valence-corrected chi connectivity index (χ2v) is 4.68. The van der Waals surface area contributed by atoms with Gasteiger partial charge in [-0.15, -0.1) is 0 Å². The van der Waals surface area contributed by atoms with Crippen LogP contribution in [-0.2, 0) is 6.54 Å². The van der Waals surface area contributed by atoms with Crippen molar-refractivity contribution in [3.63, 3.8) is 0 Å². The Morgan fingerprint density at radius 2 is 2.12 bits per heavy atom. The van der Waals surface area contributed by atoms with E-state index in [0.717, 1.165) is 30.3 Å². The molecule has 0 atom stereocenters. The number of para-hydroxylation sites is 1. The van der Waals surface area contributed by atoms with Gasteiger partial charge >= 0.3 is 0 Å². The van der Waals surface area contributed by atoms with Crippen LogP contribution in [0.15, 0.2) is 18.2 Å². The van der Waals surface area contributed by atoms with Gasteiger partial charge in [0.05, 0.1) is 16.1 Å². The van der Waals surface area contributed by atoms with E-state index in [1.807, 2.05) is 22.8 Å². The molecule has 0 radical (unpaired) electrons. The summed E-state index contributed by atoms with van der Waals surface area (Å²) in [5.41, 5.74) is 1.38. The molecule has 0 aliphatic rings. The van der Waals surface area contributed by atoms with Gasteiger partial charge in [-0.2, -0.15) is 5.26 Å². The molecule has 88 valence electrons. The molecular formula is C13H12Cl2N2. The first-order valence-corrected chi connectivity index (χ1v) is 6.32. The Hall–Kier alpha value is -1.17. The Balaban J connectivity index is 2.73. The van der Waals surface area contributed by atoms with Gasteiger partial charge in [0, 0.05) is 11.9 Å². The van der Waals surface area contributed by atoms with Crippen molar-refractivity contribution < 1.29 is 0 Å². The highest BCUT2D eigenvalue weighted by molar-refractivity contribution is 6.37. The molecule has 4 heteroatoms. The van der Waals surface area contributed by atoms with Gasteiger partial charge in [0.2, 0.25) is 0 Å². The number of aromatic nitrogens is 1. The molecule has 0 aliphatic heterocycles. The van der Waals surface area contributed by atoms with E-state index in [9.17, 15) is 0 Å². The molecule has 0 saturated heterocycles. The van der Waals surface area contributed by atoms with Crippen LogP contribution in [0.5, 0.6) is 0 Å². The Kier molecular flexibility index (Phi) is 3.61. The normalized spacial score (nSPS) is 10.7. The minimum atomic E-state index is 0.490. The lowest BCUT2D eigenvalue weighted by Gasteiger charge is -2.06. The fraction of sp³-hybridized carbons (Fsp3) is 0.308. The van der Waals surface area contributed by atoms with E-state index in [2.05, 4.69) is 13.0 Å². The number of nitriles is 1. The highest BCUT2D eigenvalue weighted by Gasteiger charge is 2.16. The summed E-state index contributed by atoms with van der Waals surface area (Å²) in [5, 5.41) is 11.1. The van der Waals surface area contributed by atoms with Gasteiger partial charge in [0.1, 0.15) is 11.2 Å². The second kappa shape index (κ2) is 5.00. The topological polar surface area (TPSA) is 28.7 Å². The quantitative estimate of drug-likeness (QED) is 0.797. The van der Waals surface area contributed by atoms with Crippen LogP contribution < -0.4 is 0 Å². The van der Waals surface area contributed by atoms with Crippen LogP contribution in [0.3, 0.4) is 0 Å². The van der Waals surface area contributed by atoms with E-state index in [4.69, 9.17) is 28.5 Å². The smallest absolute Gasteiger partial charge is 0.128 e. The number of unbranched alkanes of at least 4 members (excludes halogenated alkanes) is 1. The summed E-state index contributed by atoms with van der Waals surface area (Å²) in [4.78, 5) is 0. The maximum atomic E-state index is 9.16. The number of aryl methyl sites for hydroxylation is 1. The third-order valence-electron chi connectivity index (χ3n) is 2.82. The lowest BCUT2D eigenvalue weighted by Crippen LogP contribution is -1.97. The van der Waals surface area contributed by atoms with Gasteiger partial charge in [-0.05, 0) is 12.5 Å². The minimum absolute atomic E-state index is 0.490. The molecule has 0 fully saturated rings. The lowest BCUT2D eigenvalue weighted by molar-refractivity contribution is 0.650. The Bertz CT molecular complexity index is 593. The van der Waals surface area contributed by atoms with Crippen LogP contribution in [0.2, 0.25) is 10.2 Å². The van der Waals surface area contributed by atoms with Crippen LogP contribution in [0, 0.1) is 11.3 Å². The predicted octanol–water partition coefficient (Wildman–Crippen LogP) is 4.62. The zero-order chi connectivity index (χ0) is 12.4. The molecule has 0 saturated carbocycles. The van der Waals surface area contributed by atoms with Crippen molar-refractivity contribution in [3.05, 3.63) is 33.9 Å². The summed E-state index contributed by atoms with van der Waals surface area (Å²) in [6, 6.07) is 7.70. The van der Waals surface area contributed by atoms with Crippen molar-refractivity contribution in [1.82, 2.24) is 4.57 Å². The van der Waals surface area contributed by atoms with Gasteiger partial charge in [-0.1, -0.05) is 48.7 Å². The van der Waals surface area contributed by atoms with Gasteiger partial charge in [-0.3, -0.25) is 0 Å². The molecule has 0 unspecified atom stereocenters. The van der Waals surface area contributed by atoms with Crippen molar-refractivity contribution in [3.8, 4) is 6.07 Å². The maximum Gasteiger partial charge on any atom is 0.128 e. The summed E-state index contributed by atoms with van der Waals surface area (Å²) in [5.74, 6) is 0. The lowest BCUT2D eigenvalue weighted by atomic mass is 10.2. The zero-order valence-electron chi connectivity index (χ0n) is 9.50. The van der Waals surface area contributed by atoms with Crippen molar-refractivity contribution in [2.75, 3.05) is 0 Å². The van der Waals surface area contributed by atoms with Crippen molar-refractivity contribution >= 4 is 34.1 Å². The molecular weight excluding hydrogens is 255 g/mol. The Morgan fingerprint density at radius 1 is 1.35 bits per heavy atom. The maximum absolute atomic E-state index is 9.16. The highest BCUT2D eigenvalue weighted by atomic mass is 35.5. The predicted molar refractivity (Wildman–Crippen MR) is 71.6 cm³/mol. The van der Waals surface area contributed by atoms with Crippen molar-refractivity contribution in [2.45, 2.75) is 26.3 Å². The monoisotopic (exact) mass is 266 g/mol. The highest BCUT2D eigenvalue weighted by Crippen LogP contribution is 2.34. The average Bonchev–Trinajstić information content (AvgIpc) is 2.60. The van der Waals surface area contributed by atoms with Crippen LogP contribution in [0.25, 0.3) is 10.9 Å². The molecule has 0 spiro atoms. The van der Waals surface area contributed by atoms with Crippen LogP contribution in [0.1, 0.15) is 25.3 Å². The van der Waals surface area contributed by atoms with E-state index in [-0.39, 0.29) is 0 Å². The molecule has 17 heavy (non-hydrogen) atoms. The van der Waals surface area contributed by atoms with E-state index in [0.29, 0.717) is 15.7 Å². The molecule has 1 heterocycles. The summed E-state index contributed by atoms with van der Waals surface area (Å²) in [7, 11) is 0. The molecule has 2 aromatic rings. The molecule has 0 aliphatic carbocycles. The first kappa shape index (κ1) is 12.3. The molecule has 0 amide bonds. The first-order valence-electron chi connectivity index (χ1n) is 5.57. The van der Waals surface area contributed by atoms with Crippen molar-refractivity contribution in [2.24, 2.45) is 0 Å². The van der Waals surface area contributed by atoms with E-state index in [1.165, 1.54) is 0 Å². The standard InChI is InChI=1S/C13H12Cl2N2/c1-2-3-7-17-12-9(5-4-6-11(12)14)10(8-16)13(17)15/h4-6H,2-3,7H2,1H3. The van der Waals surface area contributed by atoms with E-state index >= 15 is 0 Å². The second-order valence-electron chi connectivity index (χ2n) is 3.92. The number of halogens is 2. The van der Waals surface area contributed by atoms with Gasteiger partial charge in [-0.25, -0.2) is 0 Å². The molecule has 2 rings (SSSR count). The van der Waals surface area contributed by atoms with Gasteiger partial charge in [0.25, 0.3) is 0 Å². The van der Waals surface area contributed by atoms with E-state index < -0.39 is 0 Å². The third kappa shape index (κ3) is 2.01. The summed E-state index contributed by atoms with van der Waals surface area (Å²) in [6.45, 7) is 2.91. The zero-order valence-corrected chi connectivity index (χ0v) is 11.0. The third-order valence-corrected chi connectivity index (χ3v) is 3.51. The number of hydrogen-bond acceptors (Lipinski definition) is 1. The van der Waals surface area contributed by atoms with Crippen LogP contribution in [-0.4, -0.2) is 4.57 Å². The van der Waals surface area contributed by atoms with Crippen LogP contribution in [0.4, 0.5) is 0 Å². The Morgan fingerprint density at radius 3 is 2.76 bits per heavy atom. The number of fused-ring (bicyclic) bond motifs is 1. The summed E-state index contributed by atoms with van der Waals surface area (Å²) in [6.07, 6.45) is 2.09. The molecule has 1 aromatic carbocycles. The number of benzene rings is 1. The first-order chi connectivity index (χ1) is 8.20. The number of nitrogens with zero attached hydrogens (tertiary/aromatic N) is 2. The summed E-state index contributed by atoms with van der Waals surface area (Å²) >= 11 is 12.4. The molecule has 1 aromatic heterocycles. The van der Waals surface area contributed by atoms with Gasteiger partial charge < -0.3 is 4.57 Å². The summed E-state index contributed by atoms with van der Waals surface area (Å²) < 4.78 is 1.93. The fourth-order valence-electron chi connectivity index (χ4n) is 1.97. The average molecular weight is 267 g/mol.